The second-order valence-corrected chi connectivity index (χ2v) is 2.98. The van der Waals surface area contributed by atoms with Crippen LogP contribution in [0.2, 0.25) is 0 Å². The third-order valence-electron chi connectivity index (χ3n) is 2.07. The van der Waals surface area contributed by atoms with Crippen molar-refractivity contribution < 1.29 is 14.3 Å². The minimum Gasteiger partial charge on any atom is -0.478 e. The second-order valence-electron chi connectivity index (χ2n) is 2.98. The fourth-order valence-electron chi connectivity index (χ4n) is 1.43. The van der Waals surface area contributed by atoms with Crippen LogP contribution >= 0.6 is 0 Å². The molecule has 0 atom stereocenters. The molecule has 0 aliphatic carbocycles. The Morgan fingerprint density at radius 2 is 2.00 bits per heavy atom. The molecule has 0 saturated heterocycles. The van der Waals surface area contributed by atoms with Gasteiger partial charge in [-0.3, -0.25) is 0 Å². The van der Waals surface area contributed by atoms with E-state index < -0.39 is 11.8 Å². The molecular weight excluding hydrogens is 183 g/mol. The Balaban J connectivity index is 2.84. The lowest BCUT2D eigenvalue weighted by Gasteiger charge is -2.01. The minimum atomic E-state index is -1.04. The van der Waals surface area contributed by atoms with Crippen LogP contribution < -0.4 is 0 Å². The van der Waals surface area contributed by atoms with Gasteiger partial charge >= 0.3 is 5.97 Å². The second kappa shape index (κ2) is 3.10. The molecule has 2 rings (SSSR count). The molecule has 0 amide bonds. The zero-order chi connectivity index (χ0) is 10.1. The predicted molar refractivity (Wildman–Crippen MR) is 50.9 cm³/mol. The highest BCUT2D eigenvalue weighted by atomic mass is 19.1. The van der Waals surface area contributed by atoms with E-state index >= 15 is 0 Å². The summed E-state index contributed by atoms with van der Waals surface area (Å²) in [7, 11) is 0. The van der Waals surface area contributed by atoms with Crippen LogP contribution in [-0.4, -0.2) is 11.1 Å². The highest BCUT2D eigenvalue weighted by Crippen LogP contribution is 2.19. The maximum atomic E-state index is 12.9. The first-order chi connectivity index (χ1) is 6.68. The average Bonchev–Trinajstić information content (AvgIpc) is 2.16. The highest BCUT2D eigenvalue weighted by molar-refractivity contribution is 6.03. The molecule has 0 unspecified atom stereocenters. The molecule has 0 aliphatic rings. The molecule has 2 nitrogen and oxygen atoms in total. The van der Waals surface area contributed by atoms with E-state index in [1.54, 1.807) is 18.2 Å². The fraction of sp³-hybridized carbons (Fsp3) is 0. The molecule has 0 heterocycles. The third-order valence-corrected chi connectivity index (χ3v) is 2.07. The summed E-state index contributed by atoms with van der Waals surface area (Å²) in [5.41, 5.74) is 0.127. The molecule has 0 radical (unpaired) electrons. The van der Waals surface area contributed by atoms with Crippen LogP contribution in [0.25, 0.3) is 10.8 Å². The average molecular weight is 190 g/mol. The number of fused-ring (bicyclic) bond motifs is 1. The van der Waals surface area contributed by atoms with Gasteiger partial charge in [0.15, 0.2) is 0 Å². The Hall–Kier alpha value is -1.90. The van der Waals surface area contributed by atoms with Gasteiger partial charge in [-0.15, -0.1) is 0 Å². The lowest BCUT2D eigenvalue weighted by Crippen LogP contribution is -1.97. The van der Waals surface area contributed by atoms with Gasteiger partial charge in [0, 0.05) is 0 Å². The van der Waals surface area contributed by atoms with Crippen molar-refractivity contribution in [1.82, 2.24) is 0 Å². The Morgan fingerprint density at radius 1 is 1.21 bits per heavy atom. The minimum absolute atomic E-state index is 0.127. The van der Waals surface area contributed by atoms with Crippen molar-refractivity contribution >= 4 is 16.7 Å². The van der Waals surface area contributed by atoms with E-state index in [4.69, 9.17) is 5.11 Å². The van der Waals surface area contributed by atoms with E-state index in [-0.39, 0.29) is 5.56 Å². The monoisotopic (exact) mass is 190 g/mol. The molecule has 0 fully saturated rings. The number of carbonyl (C=O) groups is 1. The van der Waals surface area contributed by atoms with Gasteiger partial charge in [-0.1, -0.05) is 18.2 Å². The van der Waals surface area contributed by atoms with Crippen LogP contribution in [0.5, 0.6) is 0 Å². The van der Waals surface area contributed by atoms with Gasteiger partial charge in [-0.25, -0.2) is 9.18 Å². The fourth-order valence-corrected chi connectivity index (χ4v) is 1.43. The Kier molecular flexibility index (Phi) is 1.93. The molecule has 2 aromatic rings. The van der Waals surface area contributed by atoms with Crippen molar-refractivity contribution in [3.63, 3.8) is 0 Å². The molecule has 0 bridgehead atoms. The highest BCUT2D eigenvalue weighted by Gasteiger charge is 2.07. The molecular formula is C11H7FO2. The summed E-state index contributed by atoms with van der Waals surface area (Å²) in [5.74, 6) is -1.47. The largest absolute Gasteiger partial charge is 0.478 e. The predicted octanol–water partition coefficient (Wildman–Crippen LogP) is 2.68. The van der Waals surface area contributed by atoms with Gasteiger partial charge in [0.2, 0.25) is 0 Å². The summed E-state index contributed by atoms with van der Waals surface area (Å²) in [5, 5.41) is 10.0. The summed E-state index contributed by atoms with van der Waals surface area (Å²) in [4.78, 5) is 10.8. The van der Waals surface area contributed by atoms with Crippen LogP contribution in [0, 0.1) is 5.82 Å². The lowest BCUT2D eigenvalue weighted by atomic mass is 10.0. The van der Waals surface area contributed by atoms with E-state index in [1.165, 1.54) is 18.2 Å². The Morgan fingerprint density at radius 3 is 2.71 bits per heavy atom. The van der Waals surface area contributed by atoms with E-state index in [1.807, 2.05) is 0 Å². The number of hydrogen-bond acceptors (Lipinski definition) is 1. The molecule has 0 aliphatic heterocycles. The third kappa shape index (κ3) is 1.33. The first-order valence-corrected chi connectivity index (χ1v) is 4.10. The summed E-state index contributed by atoms with van der Waals surface area (Å²) in [6, 6.07) is 8.97. The molecule has 2 aromatic carbocycles. The zero-order valence-corrected chi connectivity index (χ0v) is 7.20. The molecule has 0 saturated carbocycles. The number of benzene rings is 2. The number of rotatable bonds is 1. The summed E-state index contributed by atoms with van der Waals surface area (Å²) in [6.45, 7) is 0. The number of aromatic carboxylic acids is 1. The van der Waals surface area contributed by atoms with Crippen molar-refractivity contribution in [2.24, 2.45) is 0 Å². The van der Waals surface area contributed by atoms with Crippen molar-refractivity contribution in [2.45, 2.75) is 0 Å². The topological polar surface area (TPSA) is 37.3 Å². The van der Waals surface area contributed by atoms with Crippen LogP contribution in [0.4, 0.5) is 4.39 Å². The van der Waals surface area contributed by atoms with Crippen molar-refractivity contribution in [3.05, 3.63) is 47.8 Å². The van der Waals surface area contributed by atoms with Crippen LogP contribution in [0.3, 0.4) is 0 Å². The maximum Gasteiger partial charge on any atom is 0.336 e. The quantitative estimate of drug-likeness (QED) is 0.750. The van der Waals surface area contributed by atoms with Crippen molar-refractivity contribution in [2.75, 3.05) is 0 Å². The molecule has 3 heteroatoms. The molecule has 70 valence electrons. The number of carboxylic acid groups (broad SMARTS) is 1. The normalized spacial score (nSPS) is 10.4. The molecule has 0 aromatic heterocycles. The van der Waals surface area contributed by atoms with E-state index in [9.17, 15) is 9.18 Å². The standard InChI is InChI=1S/C11H7FO2/c12-8-5-4-7-2-1-3-9(11(13)14)10(7)6-8/h1-6H,(H,13,14). The van der Waals surface area contributed by atoms with Crippen LogP contribution in [0.15, 0.2) is 36.4 Å². The van der Waals surface area contributed by atoms with Gasteiger partial charge in [0.25, 0.3) is 0 Å². The smallest absolute Gasteiger partial charge is 0.336 e. The van der Waals surface area contributed by atoms with E-state index in [0.29, 0.717) is 5.39 Å². The van der Waals surface area contributed by atoms with E-state index in [2.05, 4.69) is 0 Å². The Labute approximate surface area is 79.6 Å². The zero-order valence-electron chi connectivity index (χ0n) is 7.20. The number of hydrogen-bond donors (Lipinski definition) is 1. The SMILES string of the molecule is O=C(O)c1cccc2ccc(F)cc12. The first-order valence-electron chi connectivity index (χ1n) is 4.10. The number of carboxylic acids is 1. The van der Waals surface area contributed by atoms with Gasteiger partial charge < -0.3 is 5.11 Å². The molecule has 14 heavy (non-hydrogen) atoms. The van der Waals surface area contributed by atoms with Gasteiger partial charge in [-0.2, -0.15) is 0 Å². The van der Waals surface area contributed by atoms with E-state index in [0.717, 1.165) is 5.39 Å². The van der Waals surface area contributed by atoms with Gasteiger partial charge in [-0.05, 0) is 29.0 Å². The summed E-state index contributed by atoms with van der Waals surface area (Å²) >= 11 is 0. The summed E-state index contributed by atoms with van der Waals surface area (Å²) < 4.78 is 12.9. The van der Waals surface area contributed by atoms with Crippen LogP contribution in [-0.2, 0) is 0 Å². The van der Waals surface area contributed by atoms with Crippen LogP contribution in [0.1, 0.15) is 10.4 Å². The molecule has 0 spiro atoms. The number of halogens is 1. The van der Waals surface area contributed by atoms with Crippen molar-refractivity contribution in [1.29, 1.82) is 0 Å². The Bertz CT molecular complexity index is 506. The van der Waals surface area contributed by atoms with Crippen molar-refractivity contribution in [3.8, 4) is 0 Å². The summed E-state index contributed by atoms with van der Waals surface area (Å²) in [6.07, 6.45) is 0. The molecule has 1 N–H and O–H groups in total. The van der Waals surface area contributed by atoms with Gasteiger partial charge in [0.1, 0.15) is 5.82 Å². The maximum absolute atomic E-state index is 12.9. The first kappa shape index (κ1) is 8.69. The van der Waals surface area contributed by atoms with Gasteiger partial charge in [0.05, 0.1) is 5.56 Å². The lowest BCUT2D eigenvalue weighted by molar-refractivity contribution is 0.0699.